The van der Waals surface area contributed by atoms with Crippen molar-refractivity contribution in [1.82, 2.24) is 5.32 Å². The second kappa shape index (κ2) is 5.77. The average molecular weight is 300 g/mol. The number of halogens is 1. The highest BCUT2D eigenvalue weighted by atomic mass is 35.5. The lowest BCUT2D eigenvalue weighted by atomic mass is 10.0. The third kappa shape index (κ3) is 2.72. The summed E-state index contributed by atoms with van der Waals surface area (Å²) in [6, 6.07) is 3.85. The van der Waals surface area contributed by atoms with Gasteiger partial charge < -0.3 is 24.3 Å². The molecule has 0 amide bonds. The molecule has 1 unspecified atom stereocenters. The lowest BCUT2D eigenvalue weighted by molar-refractivity contribution is -0.0159. The summed E-state index contributed by atoms with van der Waals surface area (Å²) in [5.41, 5.74) is 0.851. The Morgan fingerprint density at radius 2 is 2.30 bits per heavy atom. The summed E-state index contributed by atoms with van der Waals surface area (Å²) in [6.45, 7) is 3.07. The molecule has 6 heteroatoms. The quantitative estimate of drug-likeness (QED) is 0.901. The molecule has 2 heterocycles. The topological polar surface area (TPSA) is 49.0 Å². The van der Waals surface area contributed by atoms with E-state index in [0.717, 1.165) is 25.1 Å². The fraction of sp³-hybridized carbons (Fsp3) is 0.571. The predicted molar refractivity (Wildman–Crippen MR) is 74.5 cm³/mol. The number of benzene rings is 1. The van der Waals surface area contributed by atoms with Crippen molar-refractivity contribution in [2.75, 3.05) is 33.7 Å². The molecule has 1 aromatic rings. The maximum atomic E-state index is 6.16. The van der Waals surface area contributed by atoms with Gasteiger partial charge in [0.25, 0.3) is 0 Å². The molecule has 0 saturated carbocycles. The second-order valence-corrected chi connectivity index (χ2v) is 5.51. The number of hydrogen-bond acceptors (Lipinski definition) is 5. The standard InChI is InChI=1S/C14H18ClNO4/c1-17-14(2-3-18-8-14)7-16-6-10-4-11(15)13-12(5-10)19-9-20-13/h4-5,16H,2-3,6-9H2,1H3. The molecule has 0 aromatic heterocycles. The summed E-state index contributed by atoms with van der Waals surface area (Å²) in [4.78, 5) is 0. The van der Waals surface area contributed by atoms with Gasteiger partial charge in [-0.25, -0.2) is 0 Å². The zero-order valence-corrected chi connectivity index (χ0v) is 12.2. The molecule has 20 heavy (non-hydrogen) atoms. The Kier molecular flexibility index (Phi) is 4.03. The van der Waals surface area contributed by atoms with E-state index < -0.39 is 0 Å². The molecule has 1 atom stereocenters. The first kappa shape index (κ1) is 13.9. The van der Waals surface area contributed by atoms with Crippen molar-refractivity contribution in [3.63, 3.8) is 0 Å². The minimum atomic E-state index is -0.208. The Bertz CT molecular complexity index is 488. The van der Waals surface area contributed by atoms with Gasteiger partial charge in [-0.2, -0.15) is 0 Å². The van der Waals surface area contributed by atoms with Gasteiger partial charge in [-0.1, -0.05) is 11.6 Å². The maximum Gasteiger partial charge on any atom is 0.231 e. The van der Waals surface area contributed by atoms with Gasteiger partial charge in [-0.3, -0.25) is 0 Å². The van der Waals surface area contributed by atoms with Crippen LogP contribution < -0.4 is 14.8 Å². The molecule has 0 bridgehead atoms. The Hall–Kier alpha value is -1.01. The van der Waals surface area contributed by atoms with E-state index in [1.54, 1.807) is 7.11 Å². The van der Waals surface area contributed by atoms with Crippen LogP contribution in [0.5, 0.6) is 11.5 Å². The molecule has 2 aliphatic heterocycles. The average Bonchev–Trinajstić information content (AvgIpc) is 3.08. The normalized spacial score (nSPS) is 24.3. The van der Waals surface area contributed by atoms with Crippen molar-refractivity contribution in [3.8, 4) is 11.5 Å². The fourth-order valence-corrected chi connectivity index (χ4v) is 2.81. The van der Waals surface area contributed by atoms with E-state index in [9.17, 15) is 0 Å². The Morgan fingerprint density at radius 3 is 3.05 bits per heavy atom. The van der Waals surface area contributed by atoms with Crippen LogP contribution in [0.15, 0.2) is 12.1 Å². The summed E-state index contributed by atoms with van der Waals surface area (Å²) < 4.78 is 21.6. The predicted octanol–water partition coefficient (Wildman–Crippen LogP) is 1.96. The first-order valence-corrected chi connectivity index (χ1v) is 7.02. The van der Waals surface area contributed by atoms with E-state index in [1.807, 2.05) is 12.1 Å². The van der Waals surface area contributed by atoms with Crippen molar-refractivity contribution < 1.29 is 18.9 Å². The zero-order valence-electron chi connectivity index (χ0n) is 11.4. The minimum absolute atomic E-state index is 0.208. The molecular formula is C14H18ClNO4. The molecule has 1 aromatic carbocycles. The van der Waals surface area contributed by atoms with Crippen molar-refractivity contribution in [1.29, 1.82) is 0 Å². The van der Waals surface area contributed by atoms with Crippen LogP contribution in [0.4, 0.5) is 0 Å². The highest BCUT2D eigenvalue weighted by Crippen LogP contribution is 2.39. The zero-order chi connectivity index (χ0) is 14.0. The van der Waals surface area contributed by atoms with E-state index in [2.05, 4.69) is 5.32 Å². The van der Waals surface area contributed by atoms with Crippen LogP contribution in [0, 0.1) is 0 Å². The summed E-state index contributed by atoms with van der Waals surface area (Å²) in [6.07, 6.45) is 0.915. The van der Waals surface area contributed by atoms with Crippen molar-refractivity contribution >= 4 is 11.6 Å². The van der Waals surface area contributed by atoms with Crippen molar-refractivity contribution in [2.24, 2.45) is 0 Å². The van der Waals surface area contributed by atoms with Gasteiger partial charge in [0.2, 0.25) is 6.79 Å². The van der Waals surface area contributed by atoms with Gasteiger partial charge in [-0.05, 0) is 17.7 Å². The molecule has 0 spiro atoms. The van der Waals surface area contributed by atoms with Crippen LogP contribution in [0.2, 0.25) is 5.02 Å². The van der Waals surface area contributed by atoms with Crippen LogP contribution in [0.1, 0.15) is 12.0 Å². The van der Waals surface area contributed by atoms with Gasteiger partial charge >= 0.3 is 0 Å². The van der Waals surface area contributed by atoms with Gasteiger partial charge in [0.1, 0.15) is 5.60 Å². The Labute approximate surface area is 123 Å². The minimum Gasteiger partial charge on any atom is -0.454 e. The molecule has 0 radical (unpaired) electrons. The van der Waals surface area contributed by atoms with Crippen LogP contribution in [-0.4, -0.2) is 39.3 Å². The third-order valence-electron chi connectivity index (χ3n) is 3.76. The van der Waals surface area contributed by atoms with E-state index in [4.69, 9.17) is 30.5 Å². The molecule has 2 aliphatic rings. The van der Waals surface area contributed by atoms with Crippen LogP contribution in [0.3, 0.4) is 0 Å². The maximum absolute atomic E-state index is 6.16. The largest absolute Gasteiger partial charge is 0.454 e. The molecule has 1 fully saturated rings. The highest BCUT2D eigenvalue weighted by molar-refractivity contribution is 6.32. The number of nitrogens with one attached hydrogen (secondary N) is 1. The van der Waals surface area contributed by atoms with E-state index in [-0.39, 0.29) is 12.4 Å². The van der Waals surface area contributed by atoms with E-state index >= 15 is 0 Å². The summed E-state index contributed by atoms with van der Waals surface area (Å²) in [7, 11) is 1.73. The third-order valence-corrected chi connectivity index (χ3v) is 4.04. The van der Waals surface area contributed by atoms with Crippen LogP contribution in [0.25, 0.3) is 0 Å². The lowest BCUT2D eigenvalue weighted by Gasteiger charge is -2.26. The van der Waals surface area contributed by atoms with Crippen LogP contribution >= 0.6 is 11.6 Å². The van der Waals surface area contributed by atoms with Gasteiger partial charge in [0, 0.05) is 33.2 Å². The number of hydrogen-bond donors (Lipinski definition) is 1. The van der Waals surface area contributed by atoms with Gasteiger partial charge in [-0.15, -0.1) is 0 Å². The molecule has 3 rings (SSSR count). The molecular weight excluding hydrogens is 282 g/mol. The second-order valence-electron chi connectivity index (χ2n) is 5.10. The Balaban J connectivity index is 1.60. The molecule has 0 aliphatic carbocycles. The Morgan fingerprint density at radius 1 is 1.40 bits per heavy atom. The smallest absolute Gasteiger partial charge is 0.231 e. The van der Waals surface area contributed by atoms with E-state index in [1.165, 1.54) is 0 Å². The monoisotopic (exact) mass is 299 g/mol. The number of methoxy groups -OCH3 is 1. The summed E-state index contributed by atoms with van der Waals surface area (Å²) in [5, 5.41) is 3.98. The summed E-state index contributed by atoms with van der Waals surface area (Å²) >= 11 is 6.16. The first-order valence-electron chi connectivity index (χ1n) is 6.64. The molecule has 1 saturated heterocycles. The first-order chi connectivity index (χ1) is 9.72. The van der Waals surface area contributed by atoms with Crippen molar-refractivity contribution in [3.05, 3.63) is 22.7 Å². The number of ether oxygens (including phenoxy) is 4. The molecule has 110 valence electrons. The lowest BCUT2D eigenvalue weighted by Crippen LogP contribution is -2.42. The SMILES string of the molecule is COC1(CNCc2cc(Cl)c3c(c2)OCO3)CCOC1. The fourth-order valence-electron chi connectivity index (χ4n) is 2.52. The number of fused-ring (bicyclic) bond motifs is 1. The highest BCUT2D eigenvalue weighted by Gasteiger charge is 2.34. The summed E-state index contributed by atoms with van der Waals surface area (Å²) in [5.74, 6) is 1.34. The van der Waals surface area contributed by atoms with Gasteiger partial charge in [0.05, 0.1) is 11.6 Å². The van der Waals surface area contributed by atoms with E-state index in [0.29, 0.717) is 29.7 Å². The van der Waals surface area contributed by atoms with Crippen LogP contribution in [-0.2, 0) is 16.0 Å². The van der Waals surface area contributed by atoms with Gasteiger partial charge in [0.15, 0.2) is 11.5 Å². The van der Waals surface area contributed by atoms with Crippen molar-refractivity contribution in [2.45, 2.75) is 18.6 Å². The number of rotatable bonds is 5. The molecule has 5 nitrogen and oxygen atoms in total. The molecule has 1 N–H and O–H groups in total.